The highest BCUT2D eigenvalue weighted by atomic mass is 32.2. The zero-order valence-corrected chi connectivity index (χ0v) is 16.4. The van der Waals surface area contributed by atoms with Crippen LogP contribution in [0.5, 0.6) is 0 Å². The molecule has 2 aromatic carbocycles. The number of pyridine rings is 1. The van der Waals surface area contributed by atoms with Gasteiger partial charge in [-0.05, 0) is 37.3 Å². The van der Waals surface area contributed by atoms with Gasteiger partial charge in [-0.15, -0.1) is 0 Å². The number of sulfonamides is 1. The molecule has 9 heteroatoms. The van der Waals surface area contributed by atoms with Crippen molar-refractivity contribution in [1.29, 1.82) is 0 Å². The SMILES string of the molecule is C[C@@H](OC(=O)c1cc(=O)[nH]c2ccccc12)C(=O)c1ccc(NS(C)(=O)=O)cc1. The molecule has 0 saturated heterocycles. The Morgan fingerprint density at radius 1 is 1.07 bits per heavy atom. The predicted molar refractivity (Wildman–Crippen MR) is 109 cm³/mol. The molecule has 0 aliphatic heterocycles. The van der Waals surface area contributed by atoms with Crippen molar-refractivity contribution in [3.05, 3.63) is 76.1 Å². The molecular formula is C20H18N2O6S. The third-order valence-electron chi connectivity index (χ3n) is 4.10. The standard InChI is InChI=1S/C20H18N2O6S/c1-12(19(24)13-7-9-14(10-8-13)22-29(2,26)27)28-20(25)16-11-18(23)21-17-6-4-3-5-15(16)17/h3-12,22H,1-2H3,(H,21,23)/t12-/m1/s1. The summed E-state index contributed by atoms with van der Waals surface area (Å²) in [6.45, 7) is 1.43. The summed E-state index contributed by atoms with van der Waals surface area (Å²) in [5, 5.41) is 0.507. The number of ether oxygens (including phenoxy) is 1. The first kappa shape index (κ1) is 20.3. The minimum absolute atomic E-state index is 0.0664. The quantitative estimate of drug-likeness (QED) is 0.471. The fourth-order valence-corrected chi connectivity index (χ4v) is 3.37. The zero-order valence-electron chi connectivity index (χ0n) is 15.6. The van der Waals surface area contributed by atoms with E-state index >= 15 is 0 Å². The van der Waals surface area contributed by atoms with E-state index in [4.69, 9.17) is 4.74 Å². The van der Waals surface area contributed by atoms with Gasteiger partial charge in [0.15, 0.2) is 6.10 Å². The highest BCUT2D eigenvalue weighted by Crippen LogP contribution is 2.18. The maximum Gasteiger partial charge on any atom is 0.339 e. The first-order valence-electron chi connectivity index (χ1n) is 8.59. The van der Waals surface area contributed by atoms with E-state index in [2.05, 4.69) is 9.71 Å². The number of carbonyl (C=O) groups is 2. The van der Waals surface area contributed by atoms with Gasteiger partial charge in [-0.2, -0.15) is 0 Å². The van der Waals surface area contributed by atoms with Crippen molar-refractivity contribution in [3.63, 3.8) is 0 Å². The molecule has 0 spiro atoms. The molecule has 0 fully saturated rings. The number of esters is 1. The van der Waals surface area contributed by atoms with Crippen molar-refractivity contribution in [1.82, 2.24) is 4.98 Å². The van der Waals surface area contributed by atoms with Crippen molar-refractivity contribution in [2.24, 2.45) is 0 Å². The Morgan fingerprint density at radius 2 is 1.72 bits per heavy atom. The van der Waals surface area contributed by atoms with Gasteiger partial charge in [-0.3, -0.25) is 14.3 Å². The van der Waals surface area contributed by atoms with Crippen LogP contribution in [0.15, 0.2) is 59.4 Å². The lowest BCUT2D eigenvalue weighted by molar-refractivity contribution is 0.0320. The number of anilines is 1. The number of carbonyl (C=O) groups excluding carboxylic acids is 2. The molecular weight excluding hydrogens is 396 g/mol. The third kappa shape index (κ3) is 4.88. The van der Waals surface area contributed by atoms with E-state index in [-0.39, 0.29) is 11.1 Å². The highest BCUT2D eigenvalue weighted by molar-refractivity contribution is 7.92. The molecule has 0 unspecified atom stereocenters. The largest absolute Gasteiger partial charge is 0.451 e. The predicted octanol–water partition coefficient (Wildman–Crippen LogP) is 2.33. The fraction of sp³-hybridized carbons (Fsp3) is 0.150. The molecule has 3 aromatic rings. The van der Waals surface area contributed by atoms with Crippen LogP contribution < -0.4 is 10.3 Å². The molecule has 2 N–H and O–H groups in total. The summed E-state index contributed by atoms with van der Waals surface area (Å²) < 4.78 is 30.1. The van der Waals surface area contributed by atoms with E-state index < -0.39 is 33.4 Å². The molecule has 3 rings (SSSR count). The number of rotatable bonds is 6. The molecule has 0 saturated carbocycles. The molecule has 0 bridgehead atoms. The maximum atomic E-state index is 12.6. The summed E-state index contributed by atoms with van der Waals surface area (Å²) in [6.07, 6.45) is -0.0827. The zero-order chi connectivity index (χ0) is 21.2. The molecule has 150 valence electrons. The Labute approximate surface area is 166 Å². The number of Topliss-reactive ketones (excluding diaryl/α,β-unsaturated/α-hetero) is 1. The average molecular weight is 414 g/mol. The molecule has 1 heterocycles. The van der Waals surface area contributed by atoms with Gasteiger partial charge in [-0.25, -0.2) is 13.2 Å². The van der Waals surface area contributed by atoms with Crippen LogP contribution in [0, 0.1) is 0 Å². The van der Waals surface area contributed by atoms with Crippen LogP contribution in [0.4, 0.5) is 5.69 Å². The third-order valence-corrected chi connectivity index (χ3v) is 4.70. The molecule has 8 nitrogen and oxygen atoms in total. The number of hydrogen-bond acceptors (Lipinski definition) is 6. The number of aromatic nitrogens is 1. The summed E-state index contributed by atoms with van der Waals surface area (Å²) in [7, 11) is -3.43. The molecule has 0 radical (unpaired) electrons. The van der Waals surface area contributed by atoms with Gasteiger partial charge in [0, 0.05) is 28.2 Å². The minimum Gasteiger partial charge on any atom is -0.451 e. The van der Waals surface area contributed by atoms with Crippen molar-refractivity contribution in [2.75, 3.05) is 11.0 Å². The number of hydrogen-bond donors (Lipinski definition) is 2. The van der Waals surface area contributed by atoms with Crippen LogP contribution in [0.25, 0.3) is 10.9 Å². The average Bonchev–Trinajstić information content (AvgIpc) is 2.66. The van der Waals surface area contributed by atoms with Gasteiger partial charge < -0.3 is 9.72 Å². The summed E-state index contributed by atoms with van der Waals surface area (Å²) in [5.41, 5.74) is 0.656. The van der Waals surface area contributed by atoms with Crippen molar-refractivity contribution in [2.45, 2.75) is 13.0 Å². The van der Waals surface area contributed by atoms with Gasteiger partial charge in [0.05, 0.1) is 11.8 Å². The van der Waals surface area contributed by atoms with Gasteiger partial charge in [-0.1, -0.05) is 18.2 Å². The Hall–Kier alpha value is -3.46. The van der Waals surface area contributed by atoms with Crippen LogP contribution in [0.1, 0.15) is 27.6 Å². The molecule has 0 aliphatic rings. The lowest BCUT2D eigenvalue weighted by Gasteiger charge is -2.14. The van der Waals surface area contributed by atoms with Crippen LogP contribution in [-0.4, -0.2) is 37.5 Å². The Balaban J connectivity index is 1.78. The van der Waals surface area contributed by atoms with E-state index in [0.717, 1.165) is 12.3 Å². The number of benzene rings is 2. The second-order valence-electron chi connectivity index (χ2n) is 6.46. The van der Waals surface area contributed by atoms with Crippen molar-refractivity contribution in [3.8, 4) is 0 Å². The monoisotopic (exact) mass is 414 g/mol. The number of fused-ring (bicyclic) bond motifs is 1. The van der Waals surface area contributed by atoms with Gasteiger partial charge in [0.1, 0.15) is 0 Å². The second kappa shape index (κ2) is 7.88. The van der Waals surface area contributed by atoms with Gasteiger partial charge in [0.25, 0.3) is 0 Å². The first-order valence-corrected chi connectivity index (χ1v) is 10.5. The van der Waals surface area contributed by atoms with E-state index in [1.807, 2.05) is 0 Å². The molecule has 1 atom stereocenters. The van der Waals surface area contributed by atoms with Gasteiger partial charge in [0.2, 0.25) is 21.4 Å². The molecule has 0 amide bonds. The first-order chi connectivity index (χ1) is 13.6. The highest BCUT2D eigenvalue weighted by Gasteiger charge is 2.22. The van der Waals surface area contributed by atoms with Crippen LogP contribution in [0.2, 0.25) is 0 Å². The number of aromatic amines is 1. The summed E-state index contributed by atoms with van der Waals surface area (Å²) in [6, 6.07) is 13.6. The smallest absolute Gasteiger partial charge is 0.339 e. The normalized spacial score (nSPS) is 12.3. The molecule has 0 aliphatic carbocycles. The van der Waals surface area contributed by atoms with E-state index in [1.165, 1.54) is 31.2 Å². The van der Waals surface area contributed by atoms with Crippen LogP contribution in [-0.2, 0) is 14.8 Å². The summed E-state index contributed by atoms with van der Waals surface area (Å²) in [4.78, 5) is 39.5. The lowest BCUT2D eigenvalue weighted by Crippen LogP contribution is -2.25. The topological polar surface area (TPSA) is 122 Å². The van der Waals surface area contributed by atoms with Crippen LogP contribution >= 0.6 is 0 Å². The second-order valence-corrected chi connectivity index (χ2v) is 8.20. The van der Waals surface area contributed by atoms with E-state index in [0.29, 0.717) is 16.6 Å². The Bertz CT molecular complexity index is 1250. The van der Waals surface area contributed by atoms with Crippen molar-refractivity contribution < 1.29 is 22.7 Å². The molecule has 29 heavy (non-hydrogen) atoms. The maximum absolute atomic E-state index is 12.6. The van der Waals surface area contributed by atoms with Gasteiger partial charge >= 0.3 is 5.97 Å². The minimum atomic E-state index is -3.43. The number of H-pyrrole nitrogens is 1. The summed E-state index contributed by atoms with van der Waals surface area (Å²) >= 11 is 0. The summed E-state index contributed by atoms with van der Waals surface area (Å²) in [5.74, 6) is -1.25. The van der Waals surface area contributed by atoms with E-state index in [9.17, 15) is 22.8 Å². The molecule has 1 aromatic heterocycles. The fourth-order valence-electron chi connectivity index (χ4n) is 2.80. The Kier molecular flexibility index (Phi) is 5.51. The van der Waals surface area contributed by atoms with E-state index in [1.54, 1.807) is 24.3 Å². The Morgan fingerprint density at radius 3 is 2.38 bits per heavy atom. The number of nitrogens with one attached hydrogen (secondary N) is 2. The number of ketones is 1. The van der Waals surface area contributed by atoms with Crippen LogP contribution in [0.3, 0.4) is 0 Å². The lowest BCUT2D eigenvalue weighted by atomic mass is 10.1. The van der Waals surface area contributed by atoms with Crippen molar-refractivity contribution >= 4 is 38.4 Å². The number of para-hydroxylation sites is 1.